The van der Waals surface area contributed by atoms with Crippen molar-refractivity contribution in [3.8, 4) is 5.75 Å². The number of nitrogens with zero attached hydrogens (tertiary/aromatic N) is 2. The Hall–Kier alpha value is -1.89. The largest absolute Gasteiger partial charge is 0.497 e. The molecule has 1 atom stereocenters. The van der Waals surface area contributed by atoms with E-state index in [9.17, 15) is 8.42 Å². The number of ether oxygens (including phenoxy) is 1. The molecule has 2 fully saturated rings. The fourth-order valence-corrected chi connectivity index (χ4v) is 6.27. The summed E-state index contributed by atoms with van der Waals surface area (Å²) in [6.07, 6.45) is 6.88. The second kappa shape index (κ2) is 9.72. The SMILES string of the molecule is COc1cccc(S(=O)(=O)c2ccc([C@@H](C)N3CCN(C4CCCCC4)CC3)cc2)c1. The van der Waals surface area contributed by atoms with Crippen molar-refractivity contribution in [2.75, 3.05) is 33.3 Å². The molecule has 0 radical (unpaired) electrons. The highest BCUT2D eigenvalue weighted by Crippen LogP contribution is 2.29. The minimum absolute atomic E-state index is 0.256. The molecule has 6 heteroatoms. The summed E-state index contributed by atoms with van der Waals surface area (Å²) < 4.78 is 31.2. The first-order chi connectivity index (χ1) is 15.0. The highest BCUT2D eigenvalue weighted by atomic mass is 32.2. The lowest BCUT2D eigenvalue weighted by atomic mass is 9.93. The van der Waals surface area contributed by atoms with E-state index in [2.05, 4.69) is 16.7 Å². The minimum atomic E-state index is -3.56. The van der Waals surface area contributed by atoms with Crippen LogP contribution in [-0.4, -0.2) is 57.5 Å². The van der Waals surface area contributed by atoms with Gasteiger partial charge in [-0.05, 0) is 55.7 Å². The van der Waals surface area contributed by atoms with Crippen LogP contribution in [0.25, 0.3) is 0 Å². The zero-order valence-electron chi connectivity index (χ0n) is 18.7. The first kappa shape index (κ1) is 22.3. The predicted molar refractivity (Wildman–Crippen MR) is 123 cm³/mol. The van der Waals surface area contributed by atoms with E-state index in [1.807, 2.05) is 12.1 Å². The van der Waals surface area contributed by atoms with Gasteiger partial charge in [0.1, 0.15) is 5.75 Å². The van der Waals surface area contributed by atoms with Gasteiger partial charge in [-0.25, -0.2) is 8.42 Å². The molecule has 0 spiro atoms. The molecule has 0 unspecified atom stereocenters. The topological polar surface area (TPSA) is 49.9 Å². The molecule has 1 aliphatic heterocycles. The number of methoxy groups -OCH3 is 1. The summed E-state index contributed by atoms with van der Waals surface area (Å²) in [4.78, 5) is 5.78. The summed E-state index contributed by atoms with van der Waals surface area (Å²) in [5, 5.41) is 0. The molecule has 168 valence electrons. The zero-order chi connectivity index (χ0) is 21.8. The van der Waals surface area contributed by atoms with Gasteiger partial charge in [-0.2, -0.15) is 0 Å². The van der Waals surface area contributed by atoms with Crippen LogP contribution in [0.2, 0.25) is 0 Å². The lowest BCUT2D eigenvalue weighted by Gasteiger charge is -2.42. The Morgan fingerprint density at radius 3 is 2.23 bits per heavy atom. The van der Waals surface area contributed by atoms with Gasteiger partial charge in [0.2, 0.25) is 9.84 Å². The second-order valence-corrected chi connectivity index (χ2v) is 10.7. The van der Waals surface area contributed by atoms with Gasteiger partial charge in [-0.15, -0.1) is 0 Å². The Bertz CT molecular complexity index is 961. The lowest BCUT2D eigenvalue weighted by molar-refractivity contribution is 0.0602. The van der Waals surface area contributed by atoms with Crippen LogP contribution in [0.1, 0.15) is 50.6 Å². The first-order valence-corrected chi connectivity index (χ1v) is 12.9. The van der Waals surface area contributed by atoms with E-state index in [1.165, 1.54) is 39.2 Å². The van der Waals surface area contributed by atoms with Gasteiger partial charge < -0.3 is 4.74 Å². The molecule has 0 N–H and O–H groups in total. The summed E-state index contributed by atoms with van der Waals surface area (Å²) in [5.41, 5.74) is 1.16. The normalized spacial score (nSPS) is 20.5. The highest BCUT2D eigenvalue weighted by Gasteiger charge is 2.27. The molecule has 31 heavy (non-hydrogen) atoms. The van der Waals surface area contributed by atoms with Gasteiger partial charge in [0.05, 0.1) is 16.9 Å². The smallest absolute Gasteiger partial charge is 0.206 e. The molecule has 0 aromatic heterocycles. The van der Waals surface area contributed by atoms with Gasteiger partial charge in [0, 0.05) is 38.3 Å². The summed E-state index contributed by atoms with van der Waals surface area (Å²) in [7, 11) is -2.02. The maximum Gasteiger partial charge on any atom is 0.206 e. The molecule has 1 saturated heterocycles. The number of rotatable bonds is 6. The fourth-order valence-electron chi connectivity index (χ4n) is 4.98. The quantitative estimate of drug-likeness (QED) is 0.657. The number of sulfone groups is 1. The van der Waals surface area contributed by atoms with Crippen LogP contribution in [0.4, 0.5) is 0 Å². The Labute approximate surface area is 186 Å². The molecule has 2 aromatic carbocycles. The van der Waals surface area contributed by atoms with Crippen LogP contribution in [0.5, 0.6) is 5.75 Å². The molecular formula is C25H34N2O3S. The Balaban J connectivity index is 1.41. The van der Waals surface area contributed by atoms with E-state index in [0.29, 0.717) is 10.6 Å². The molecule has 0 amide bonds. The van der Waals surface area contributed by atoms with E-state index in [0.717, 1.165) is 37.8 Å². The van der Waals surface area contributed by atoms with Crippen molar-refractivity contribution < 1.29 is 13.2 Å². The summed E-state index contributed by atoms with van der Waals surface area (Å²) in [5.74, 6) is 0.540. The summed E-state index contributed by atoms with van der Waals surface area (Å²) in [6.45, 7) is 6.64. The van der Waals surface area contributed by atoms with Crippen LogP contribution in [0.15, 0.2) is 58.3 Å². The molecule has 1 heterocycles. The molecule has 2 aliphatic rings. The molecule has 1 saturated carbocycles. The van der Waals surface area contributed by atoms with Gasteiger partial charge in [-0.1, -0.05) is 37.5 Å². The van der Waals surface area contributed by atoms with Crippen LogP contribution >= 0.6 is 0 Å². The van der Waals surface area contributed by atoms with Gasteiger partial charge in [0.25, 0.3) is 0 Å². The Morgan fingerprint density at radius 1 is 0.903 bits per heavy atom. The predicted octanol–water partition coefficient (Wildman–Crippen LogP) is 4.54. The van der Waals surface area contributed by atoms with Gasteiger partial charge in [-0.3, -0.25) is 9.80 Å². The third-order valence-corrected chi connectivity index (χ3v) is 8.78. The third kappa shape index (κ3) is 4.97. The van der Waals surface area contributed by atoms with Gasteiger partial charge >= 0.3 is 0 Å². The Kier molecular flexibility index (Phi) is 6.99. The van der Waals surface area contributed by atoms with Crippen molar-refractivity contribution >= 4 is 9.84 Å². The minimum Gasteiger partial charge on any atom is -0.497 e. The van der Waals surface area contributed by atoms with Crippen molar-refractivity contribution in [2.24, 2.45) is 0 Å². The van der Waals surface area contributed by atoms with E-state index in [-0.39, 0.29) is 10.9 Å². The number of hydrogen-bond donors (Lipinski definition) is 0. The fraction of sp³-hybridized carbons (Fsp3) is 0.520. The van der Waals surface area contributed by atoms with E-state index >= 15 is 0 Å². The molecule has 5 nitrogen and oxygen atoms in total. The Morgan fingerprint density at radius 2 is 1.58 bits per heavy atom. The van der Waals surface area contributed by atoms with Crippen molar-refractivity contribution in [1.82, 2.24) is 9.80 Å². The third-order valence-electron chi connectivity index (χ3n) is 7.01. The second-order valence-electron chi connectivity index (χ2n) is 8.79. The van der Waals surface area contributed by atoms with Crippen LogP contribution in [0.3, 0.4) is 0 Å². The van der Waals surface area contributed by atoms with Crippen molar-refractivity contribution in [2.45, 2.75) is 60.9 Å². The number of benzene rings is 2. The van der Waals surface area contributed by atoms with Crippen LogP contribution in [-0.2, 0) is 9.84 Å². The maximum absolute atomic E-state index is 13.0. The summed E-state index contributed by atoms with van der Waals surface area (Å²) >= 11 is 0. The standard InChI is InChI=1S/C25H34N2O3S/c1-20(26-15-17-27(18-16-26)22-7-4-3-5-8-22)21-11-13-24(14-12-21)31(28,29)25-10-6-9-23(19-25)30-2/h6,9-14,19-20,22H,3-5,7-8,15-18H2,1-2H3/t20-/m1/s1. The number of hydrogen-bond acceptors (Lipinski definition) is 5. The lowest BCUT2D eigenvalue weighted by Crippen LogP contribution is -2.51. The van der Waals surface area contributed by atoms with E-state index < -0.39 is 9.84 Å². The van der Waals surface area contributed by atoms with Crippen LogP contribution < -0.4 is 4.74 Å². The molecule has 2 aromatic rings. The average molecular weight is 443 g/mol. The highest BCUT2D eigenvalue weighted by molar-refractivity contribution is 7.91. The number of piperazine rings is 1. The molecule has 0 bridgehead atoms. The van der Waals surface area contributed by atoms with E-state index in [4.69, 9.17) is 4.74 Å². The summed E-state index contributed by atoms with van der Waals surface area (Å²) in [6, 6.07) is 15.1. The van der Waals surface area contributed by atoms with Gasteiger partial charge in [0.15, 0.2) is 0 Å². The van der Waals surface area contributed by atoms with Crippen molar-refractivity contribution in [3.05, 3.63) is 54.1 Å². The molecule has 1 aliphatic carbocycles. The van der Waals surface area contributed by atoms with Crippen molar-refractivity contribution in [3.63, 3.8) is 0 Å². The van der Waals surface area contributed by atoms with E-state index in [1.54, 1.807) is 36.4 Å². The zero-order valence-corrected chi connectivity index (χ0v) is 19.5. The molecule has 4 rings (SSSR count). The average Bonchev–Trinajstić information content (AvgIpc) is 2.84. The monoisotopic (exact) mass is 442 g/mol. The van der Waals surface area contributed by atoms with Crippen molar-refractivity contribution in [1.29, 1.82) is 0 Å². The van der Waals surface area contributed by atoms with Crippen LogP contribution in [0, 0.1) is 0 Å². The molecular weight excluding hydrogens is 408 g/mol. The first-order valence-electron chi connectivity index (χ1n) is 11.5. The maximum atomic E-state index is 13.0.